The molecule has 106 valence electrons. The fourth-order valence-electron chi connectivity index (χ4n) is 2.90. The van der Waals surface area contributed by atoms with Crippen molar-refractivity contribution >= 4 is 17.3 Å². The lowest BCUT2D eigenvalue weighted by Gasteiger charge is -2.35. The van der Waals surface area contributed by atoms with Gasteiger partial charge >= 0.3 is 0 Å². The highest BCUT2D eigenvalue weighted by atomic mass is 35.5. The van der Waals surface area contributed by atoms with Crippen LogP contribution in [0.4, 0.5) is 5.69 Å². The predicted octanol–water partition coefficient (Wildman–Crippen LogP) is 2.66. The van der Waals surface area contributed by atoms with Gasteiger partial charge in [0.2, 0.25) is 0 Å². The Hall–Kier alpha value is -0.770. The van der Waals surface area contributed by atoms with Gasteiger partial charge in [0.15, 0.2) is 0 Å². The summed E-state index contributed by atoms with van der Waals surface area (Å²) >= 11 is 6.32. The number of aliphatic hydroxyl groups excluding tert-OH is 1. The molecule has 0 bridgehead atoms. The zero-order chi connectivity index (χ0) is 13.7. The largest absolute Gasteiger partial charge is 0.396 e. The van der Waals surface area contributed by atoms with Gasteiger partial charge in [-0.15, -0.1) is 0 Å². The highest BCUT2D eigenvalue weighted by Crippen LogP contribution is 2.31. The van der Waals surface area contributed by atoms with Gasteiger partial charge in [0.05, 0.1) is 0 Å². The molecule has 1 fully saturated rings. The Kier molecular flexibility index (Phi) is 5.49. The second-order valence-corrected chi connectivity index (χ2v) is 5.64. The van der Waals surface area contributed by atoms with Crippen LogP contribution in [0.1, 0.15) is 24.8 Å². The van der Waals surface area contributed by atoms with E-state index in [1.54, 1.807) is 0 Å². The van der Waals surface area contributed by atoms with Crippen LogP contribution in [0.25, 0.3) is 0 Å². The molecule has 19 heavy (non-hydrogen) atoms. The maximum absolute atomic E-state index is 9.11. The quantitative estimate of drug-likeness (QED) is 0.872. The molecule has 0 amide bonds. The number of nitrogens with one attached hydrogen (secondary N) is 1. The van der Waals surface area contributed by atoms with Crippen molar-refractivity contribution in [2.75, 3.05) is 31.6 Å². The molecule has 0 aromatic heterocycles. The summed E-state index contributed by atoms with van der Waals surface area (Å²) in [7, 11) is 1.94. The van der Waals surface area contributed by atoms with E-state index in [-0.39, 0.29) is 6.61 Å². The average Bonchev–Trinajstić information content (AvgIpc) is 2.42. The number of anilines is 1. The molecule has 1 saturated heterocycles. The summed E-state index contributed by atoms with van der Waals surface area (Å²) in [5.74, 6) is 0.597. The Morgan fingerprint density at radius 2 is 2.32 bits per heavy atom. The fraction of sp³-hybridized carbons (Fsp3) is 0.600. The molecule has 0 radical (unpaired) electrons. The summed E-state index contributed by atoms with van der Waals surface area (Å²) in [5.41, 5.74) is 2.42. The van der Waals surface area contributed by atoms with Gasteiger partial charge in [-0.2, -0.15) is 0 Å². The van der Waals surface area contributed by atoms with Gasteiger partial charge in [-0.25, -0.2) is 0 Å². The van der Waals surface area contributed by atoms with Crippen LogP contribution >= 0.6 is 11.6 Å². The number of halogens is 1. The van der Waals surface area contributed by atoms with Gasteiger partial charge < -0.3 is 15.3 Å². The third kappa shape index (κ3) is 3.62. The number of hydrogen-bond donors (Lipinski definition) is 2. The zero-order valence-corrected chi connectivity index (χ0v) is 12.3. The van der Waals surface area contributed by atoms with Crippen molar-refractivity contribution in [3.05, 3.63) is 28.8 Å². The van der Waals surface area contributed by atoms with Crippen molar-refractivity contribution < 1.29 is 5.11 Å². The summed E-state index contributed by atoms with van der Waals surface area (Å²) in [5, 5.41) is 13.1. The first-order chi connectivity index (χ1) is 9.26. The molecule has 2 rings (SSSR count). The van der Waals surface area contributed by atoms with E-state index in [4.69, 9.17) is 16.7 Å². The van der Waals surface area contributed by atoms with Gasteiger partial charge in [-0.1, -0.05) is 17.7 Å². The monoisotopic (exact) mass is 282 g/mol. The van der Waals surface area contributed by atoms with Crippen molar-refractivity contribution in [3.8, 4) is 0 Å². The third-order valence-electron chi connectivity index (χ3n) is 3.84. The van der Waals surface area contributed by atoms with Gasteiger partial charge in [0, 0.05) is 42.5 Å². The number of hydrogen-bond acceptors (Lipinski definition) is 3. The van der Waals surface area contributed by atoms with Crippen molar-refractivity contribution in [1.29, 1.82) is 0 Å². The highest BCUT2D eigenvalue weighted by Gasteiger charge is 2.21. The molecular formula is C15H23ClN2O. The molecule has 1 aromatic rings. The maximum atomic E-state index is 9.11. The van der Waals surface area contributed by atoms with Crippen molar-refractivity contribution in [2.24, 2.45) is 5.92 Å². The van der Waals surface area contributed by atoms with Crippen LogP contribution < -0.4 is 10.2 Å². The first-order valence-corrected chi connectivity index (χ1v) is 7.42. The van der Waals surface area contributed by atoms with Crippen LogP contribution in [0.3, 0.4) is 0 Å². The SMILES string of the molecule is CNCc1c(Cl)cccc1N1CCCC(CCO)C1. The normalized spacial score (nSPS) is 19.7. The van der Waals surface area contributed by atoms with Crippen LogP contribution in [0.2, 0.25) is 5.02 Å². The second-order valence-electron chi connectivity index (χ2n) is 5.23. The topological polar surface area (TPSA) is 35.5 Å². The Labute approximate surface area is 120 Å². The first-order valence-electron chi connectivity index (χ1n) is 7.04. The van der Waals surface area contributed by atoms with Gasteiger partial charge in [-0.3, -0.25) is 0 Å². The van der Waals surface area contributed by atoms with E-state index in [9.17, 15) is 0 Å². The Balaban J connectivity index is 2.18. The van der Waals surface area contributed by atoms with E-state index in [0.29, 0.717) is 5.92 Å². The number of rotatable bonds is 5. The number of benzene rings is 1. The van der Waals surface area contributed by atoms with Crippen LogP contribution in [0.15, 0.2) is 18.2 Å². The molecular weight excluding hydrogens is 260 g/mol. The lowest BCUT2D eigenvalue weighted by molar-refractivity contribution is 0.244. The smallest absolute Gasteiger partial charge is 0.0471 e. The molecule has 1 unspecified atom stereocenters. The molecule has 0 aliphatic carbocycles. The Morgan fingerprint density at radius 1 is 1.47 bits per heavy atom. The van der Waals surface area contributed by atoms with E-state index in [0.717, 1.165) is 31.1 Å². The van der Waals surface area contributed by atoms with Crippen molar-refractivity contribution in [2.45, 2.75) is 25.8 Å². The Morgan fingerprint density at radius 3 is 3.05 bits per heavy atom. The van der Waals surface area contributed by atoms with Crippen molar-refractivity contribution in [1.82, 2.24) is 5.32 Å². The Bertz CT molecular complexity index is 409. The molecule has 1 aliphatic rings. The predicted molar refractivity (Wildman–Crippen MR) is 80.9 cm³/mol. The van der Waals surface area contributed by atoms with Crippen LogP contribution in [0.5, 0.6) is 0 Å². The van der Waals surface area contributed by atoms with E-state index >= 15 is 0 Å². The summed E-state index contributed by atoms with van der Waals surface area (Å²) < 4.78 is 0. The zero-order valence-electron chi connectivity index (χ0n) is 11.5. The standard InChI is InChI=1S/C15H23ClN2O/c1-17-10-13-14(16)5-2-6-15(13)18-8-3-4-12(11-18)7-9-19/h2,5-6,12,17,19H,3-4,7-11H2,1H3. The fourth-order valence-corrected chi connectivity index (χ4v) is 3.13. The van der Waals surface area contributed by atoms with Crippen LogP contribution in [-0.2, 0) is 6.54 Å². The average molecular weight is 283 g/mol. The second kappa shape index (κ2) is 7.13. The number of nitrogens with zero attached hydrogens (tertiary/aromatic N) is 1. The van der Waals surface area contributed by atoms with Gasteiger partial charge in [-0.05, 0) is 44.4 Å². The van der Waals surface area contributed by atoms with Gasteiger partial charge in [0.25, 0.3) is 0 Å². The number of piperidine rings is 1. The van der Waals surface area contributed by atoms with E-state index in [1.165, 1.54) is 24.1 Å². The summed E-state index contributed by atoms with van der Waals surface area (Å²) in [6.45, 7) is 3.18. The molecule has 1 aliphatic heterocycles. The molecule has 4 heteroatoms. The van der Waals surface area contributed by atoms with E-state index in [1.807, 2.05) is 19.2 Å². The van der Waals surface area contributed by atoms with Gasteiger partial charge in [0.1, 0.15) is 0 Å². The molecule has 3 nitrogen and oxygen atoms in total. The molecule has 1 heterocycles. The summed E-state index contributed by atoms with van der Waals surface area (Å²) in [6.07, 6.45) is 3.31. The minimum Gasteiger partial charge on any atom is -0.396 e. The van der Waals surface area contributed by atoms with Crippen LogP contribution in [0, 0.1) is 5.92 Å². The summed E-state index contributed by atoms with van der Waals surface area (Å²) in [4.78, 5) is 2.42. The first kappa shape index (κ1) is 14.6. The molecule has 0 saturated carbocycles. The minimum absolute atomic E-state index is 0.289. The minimum atomic E-state index is 0.289. The maximum Gasteiger partial charge on any atom is 0.0471 e. The van der Waals surface area contributed by atoms with E-state index < -0.39 is 0 Å². The van der Waals surface area contributed by atoms with E-state index in [2.05, 4.69) is 16.3 Å². The molecule has 2 N–H and O–H groups in total. The highest BCUT2D eigenvalue weighted by molar-refractivity contribution is 6.31. The van der Waals surface area contributed by atoms with Crippen molar-refractivity contribution in [3.63, 3.8) is 0 Å². The number of aliphatic hydroxyl groups is 1. The molecule has 1 aromatic carbocycles. The lowest BCUT2D eigenvalue weighted by Crippen LogP contribution is -2.36. The summed E-state index contributed by atoms with van der Waals surface area (Å²) in [6, 6.07) is 6.12. The van der Waals surface area contributed by atoms with Crippen LogP contribution in [-0.4, -0.2) is 31.9 Å². The molecule has 0 spiro atoms. The lowest BCUT2D eigenvalue weighted by atomic mass is 9.94. The molecule has 1 atom stereocenters. The third-order valence-corrected chi connectivity index (χ3v) is 4.20.